The van der Waals surface area contributed by atoms with Gasteiger partial charge < -0.3 is 14.7 Å². The number of fused-ring (bicyclic) bond motifs is 6. The summed E-state index contributed by atoms with van der Waals surface area (Å²) in [5.41, 5.74) is 16.9. The molecule has 0 atom stereocenters. The first kappa shape index (κ1) is 49.1. The molecule has 0 aromatic heterocycles. The van der Waals surface area contributed by atoms with Crippen LogP contribution in [0.2, 0.25) is 0 Å². The van der Waals surface area contributed by atoms with Crippen LogP contribution in [0.4, 0.5) is 51.2 Å². The Hall–Kier alpha value is -11.0. The van der Waals surface area contributed by atoms with Gasteiger partial charge in [0.25, 0.3) is 0 Å². The van der Waals surface area contributed by atoms with Crippen molar-refractivity contribution in [1.29, 1.82) is 0 Å². The van der Waals surface area contributed by atoms with Crippen LogP contribution in [-0.4, -0.2) is 0 Å². The summed E-state index contributed by atoms with van der Waals surface area (Å²) in [6, 6.07) is 121. The smallest absolute Gasteiger partial charge is 0.0463 e. The van der Waals surface area contributed by atoms with Crippen molar-refractivity contribution >= 4 is 105 Å². The van der Waals surface area contributed by atoms with Gasteiger partial charge in [0, 0.05) is 51.2 Å². The molecule has 0 amide bonds. The Bertz CT molecular complexity index is 4550. The third-order valence-electron chi connectivity index (χ3n) is 16.3. The number of hydrogen-bond acceptors (Lipinski definition) is 3. The lowest BCUT2D eigenvalue weighted by molar-refractivity contribution is 1.24. The predicted molar refractivity (Wildman–Crippen MR) is 354 cm³/mol. The average molecular weight is 1060 g/mol. The van der Waals surface area contributed by atoms with Crippen molar-refractivity contribution in [2.24, 2.45) is 0 Å². The van der Waals surface area contributed by atoms with Gasteiger partial charge in [-0.25, -0.2) is 0 Å². The molecular weight excluding hydrogens is 1000 g/mol. The molecule has 3 nitrogen and oxygen atoms in total. The first-order chi connectivity index (χ1) is 41.2. The van der Waals surface area contributed by atoms with Gasteiger partial charge in [-0.05, 0) is 215 Å². The highest BCUT2D eigenvalue weighted by atomic mass is 15.2. The van der Waals surface area contributed by atoms with Crippen LogP contribution in [0.25, 0.3) is 87.2 Å². The highest BCUT2D eigenvalue weighted by molar-refractivity contribution is 6.22. The Balaban J connectivity index is 0.833. The van der Waals surface area contributed by atoms with Crippen LogP contribution in [0.5, 0.6) is 0 Å². The van der Waals surface area contributed by atoms with Crippen molar-refractivity contribution in [3.05, 3.63) is 334 Å². The van der Waals surface area contributed by atoms with Crippen LogP contribution in [-0.2, 0) is 0 Å². The molecule has 0 N–H and O–H groups in total. The van der Waals surface area contributed by atoms with Gasteiger partial charge in [-0.15, -0.1) is 0 Å². The highest BCUT2D eigenvalue weighted by Gasteiger charge is 2.21. The number of hydrogen-bond donors (Lipinski definition) is 0. The molecular formula is C80H55N3. The molecule has 15 aromatic carbocycles. The zero-order chi connectivity index (χ0) is 55.1. The van der Waals surface area contributed by atoms with E-state index in [1.54, 1.807) is 0 Å². The minimum absolute atomic E-state index is 1.05. The second-order valence-electron chi connectivity index (χ2n) is 21.2. The monoisotopic (exact) mass is 1060 g/mol. The number of benzene rings is 15. The molecule has 390 valence electrons. The average Bonchev–Trinajstić information content (AvgIpc) is 3.74. The predicted octanol–water partition coefficient (Wildman–Crippen LogP) is 22.9. The number of nitrogens with zero attached hydrogens (tertiary/aromatic N) is 3. The number of rotatable bonds is 12. The maximum atomic E-state index is 2.40. The van der Waals surface area contributed by atoms with E-state index in [0.29, 0.717) is 0 Å². The van der Waals surface area contributed by atoms with Crippen molar-refractivity contribution in [1.82, 2.24) is 0 Å². The molecule has 0 radical (unpaired) electrons. The Labute approximate surface area is 484 Å². The van der Waals surface area contributed by atoms with E-state index in [-0.39, 0.29) is 0 Å². The van der Waals surface area contributed by atoms with Gasteiger partial charge in [0.2, 0.25) is 0 Å². The third kappa shape index (κ3) is 9.07. The zero-order valence-electron chi connectivity index (χ0n) is 45.6. The lowest BCUT2D eigenvalue weighted by Crippen LogP contribution is -2.13. The fourth-order valence-electron chi connectivity index (χ4n) is 12.6. The van der Waals surface area contributed by atoms with Gasteiger partial charge in [-0.2, -0.15) is 0 Å². The summed E-state index contributed by atoms with van der Waals surface area (Å²) in [6.07, 6.45) is 0. The normalized spacial score (nSPS) is 11.4. The summed E-state index contributed by atoms with van der Waals surface area (Å²) < 4.78 is 0. The molecule has 0 spiro atoms. The fourth-order valence-corrected chi connectivity index (χ4v) is 12.6. The Morgan fingerprint density at radius 2 is 0.494 bits per heavy atom. The topological polar surface area (TPSA) is 9.72 Å². The molecule has 0 heterocycles. The molecule has 0 aliphatic heterocycles. The van der Waals surface area contributed by atoms with Crippen molar-refractivity contribution in [3.63, 3.8) is 0 Å². The van der Waals surface area contributed by atoms with E-state index in [1.807, 2.05) is 0 Å². The molecule has 0 saturated heterocycles. The second kappa shape index (κ2) is 21.2. The first-order valence-corrected chi connectivity index (χ1v) is 28.5. The van der Waals surface area contributed by atoms with E-state index in [4.69, 9.17) is 0 Å². The van der Waals surface area contributed by atoms with E-state index in [0.717, 1.165) is 56.7 Å². The summed E-state index contributed by atoms with van der Waals surface area (Å²) in [7, 11) is 0. The van der Waals surface area contributed by atoms with Gasteiger partial charge >= 0.3 is 0 Å². The number of anilines is 9. The molecule has 0 fully saturated rings. The van der Waals surface area contributed by atoms with E-state index in [9.17, 15) is 0 Å². The standard InChI is InChI=1S/C80H55N3/c1-5-25-62(26-6-1)81(63-27-7-2-8-28-63)67-44-48-69(49-45-67)83(70-50-46-68(47-51-70)82(64-29-9-3-10-30-64)65-31-11-4-12-32-65)66-42-39-56(40-43-66)79-74-33-15-17-35-76(74)80(77-36-18-16-34-75(77)79)61-24-19-23-59(54-61)71-37-20-38-72-73(71)52-41-60-53-57-21-13-14-22-58(57)55-78(60)72/h1-55H. The van der Waals surface area contributed by atoms with Crippen LogP contribution in [0.3, 0.4) is 0 Å². The maximum Gasteiger partial charge on any atom is 0.0463 e. The van der Waals surface area contributed by atoms with Gasteiger partial charge in [0.05, 0.1) is 0 Å². The Morgan fingerprint density at radius 1 is 0.157 bits per heavy atom. The molecule has 15 rings (SSSR count). The summed E-state index contributed by atoms with van der Waals surface area (Å²) in [5, 5.41) is 12.5. The molecule has 15 aromatic rings. The quantitative estimate of drug-likeness (QED) is 0.0892. The minimum atomic E-state index is 1.05. The second-order valence-corrected chi connectivity index (χ2v) is 21.2. The summed E-state index contributed by atoms with van der Waals surface area (Å²) in [6.45, 7) is 0. The maximum absolute atomic E-state index is 2.40. The van der Waals surface area contributed by atoms with Crippen LogP contribution >= 0.6 is 0 Å². The van der Waals surface area contributed by atoms with E-state index < -0.39 is 0 Å². The lowest BCUT2D eigenvalue weighted by Gasteiger charge is -2.29. The fraction of sp³-hybridized carbons (Fsp3) is 0. The molecule has 0 saturated carbocycles. The molecule has 0 aliphatic rings. The molecule has 0 bridgehead atoms. The first-order valence-electron chi connectivity index (χ1n) is 28.5. The van der Waals surface area contributed by atoms with E-state index in [1.165, 1.54) is 81.7 Å². The van der Waals surface area contributed by atoms with Crippen molar-refractivity contribution in [3.8, 4) is 33.4 Å². The van der Waals surface area contributed by atoms with Crippen LogP contribution in [0.1, 0.15) is 0 Å². The van der Waals surface area contributed by atoms with Gasteiger partial charge in [-0.1, -0.05) is 206 Å². The third-order valence-corrected chi connectivity index (χ3v) is 16.3. The van der Waals surface area contributed by atoms with Gasteiger partial charge in [0.15, 0.2) is 0 Å². The van der Waals surface area contributed by atoms with Crippen molar-refractivity contribution < 1.29 is 0 Å². The SMILES string of the molecule is c1ccc(N(c2ccccc2)c2ccc(N(c3ccc(-c4c5ccccc5c(-c5cccc(-c6cccc7c6ccc6cc8ccccc8cc67)c5)c5ccccc45)cc3)c3ccc(N(c4ccccc4)c4ccccc4)cc3)cc2)cc1. The van der Waals surface area contributed by atoms with Gasteiger partial charge in [-0.3, -0.25) is 0 Å². The lowest BCUT2D eigenvalue weighted by atomic mass is 9.85. The molecule has 83 heavy (non-hydrogen) atoms. The minimum Gasteiger partial charge on any atom is -0.311 e. The van der Waals surface area contributed by atoms with Crippen LogP contribution in [0.15, 0.2) is 334 Å². The Kier molecular flexibility index (Phi) is 12.6. The summed E-state index contributed by atoms with van der Waals surface area (Å²) >= 11 is 0. The van der Waals surface area contributed by atoms with Crippen LogP contribution in [0, 0.1) is 0 Å². The van der Waals surface area contributed by atoms with Gasteiger partial charge in [0.1, 0.15) is 0 Å². The number of para-hydroxylation sites is 4. The molecule has 3 heteroatoms. The molecule has 0 unspecified atom stereocenters. The summed E-state index contributed by atoms with van der Waals surface area (Å²) in [5.74, 6) is 0. The molecule has 0 aliphatic carbocycles. The Morgan fingerprint density at radius 3 is 0.940 bits per heavy atom. The van der Waals surface area contributed by atoms with Crippen LogP contribution < -0.4 is 14.7 Å². The summed E-state index contributed by atoms with van der Waals surface area (Å²) in [4.78, 5) is 6.99. The van der Waals surface area contributed by atoms with Crippen molar-refractivity contribution in [2.45, 2.75) is 0 Å². The van der Waals surface area contributed by atoms with E-state index >= 15 is 0 Å². The largest absolute Gasteiger partial charge is 0.311 e. The highest BCUT2D eigenvalue weighted by Crippen LogP contribution is 2.47. The van der Waals surface area contributed by atoms with Crippen molar-refractivity contribution in [2.75, 3.05) is 14.7 Å². The van der Waals surface area contributed by atoms with E-state index in [2.05, 4.69) is 348 Å². The zero-order valence-corrected chi connectivity index (χ0v) is 45.6.